The predicted octanol–water partition coefficient (Wildman–Crippen LogP) is 2.23. The Morgan fingerprint density at radius 1 is 1.40 bits per heavy atom. The minimum absolute atomic E-state index is 0.286. The fourth-order valence-corrected chi connectivity index (χ4v) is 2.19. The fourth-order valence-electron chi connectivity index (χ4n) is 2.19. The summed E-state index contributed by atoms with van der Waals surface area (Å²) < 4.78 is 7.57. The molecule has 1 aliphatic rings. The zero-order valence-electron chi connectivity index (χ0n) is 12.0. The van der Waals surface area contributed by atoms with Crippen LogP contribution >= 0.6 is 0 Å². The molecule has 1 fully saturated rings. The number of rotatable bonds is 7. The molecule has 0 aliphatic heterocycles. The van der Waals surface area contributed by atoms with E-state index in [4.69, 9.17) is 4.74 Å². The zero-order chi connectivity index (χ0) is 13.9. The summed E-state index contributed by atoms with van der Waals surface area (Å²) in [5.74, 6) is 2.45. The maximum absolute atomic E-state index is 5.52. The molecule has 2 aromatic heterocycles. The molecule has 6 nitrogen and oxygen atoms in total. The predicted molar refractivity (Wildman–Crippen MR) is 77.0 cm³/mol. The quantitative estimate of drug-likeness (QED) is 0.785. The third-order valence-electron chi connectivity index (χ3n) is 3.36. The standard InChI is InChI=1S/C14H21N5O/c1-10(2)20-9-3-6-15-12-14-18-17-13(11-4-5-11)19(14)8-7-16-12/h7-8,10-11H,3-6,9H2,1-2H3,(H,15,16). The molecule has 0 aromatic carbocycles. The van der Waals surface area contributed by atoms with Gasteiger partial charge in [-0.15, -0.1) is 10.2 Å². The molecule has 1 saturated carbocycles. The Morgan fingerprint density at radius 3 is 3.00 bits per heavy atom. The monoisotopic (exact) mass is 275 g/mol. The van der Waals surface area contributed by atoms with Crippen LogP contribution in [-0.4, -0.2) is 38.8 Å². The Labute approximate surface area is 118 Å². The first-order valence-electron chi connectivity index (χ1n) is 7.31. The smallest absolute Gasteiger partial charge is 0.203 e. The van der Waals surface area contributed by atoms with Gasteiger partial charge in [0.05, 0.1) is 6.10 Å². The van der Waals surface area contributed by atoms with E-state index >= 15 is 0 Å². The van der Waals surface area contributed by atoms with Crippen molar-refractivity contribution >= 4 is 11.5 Å². The van der Waals surface area contributed by atoms with Crippen LogP contribution in [0.5, 0.6) is 0 Å². The number of anilines is 1. The van der Waals surface area contributed by atoms with Gasteiger partial charge >= 0.3 is 0 Å². The second-order valence-corrected chi connectivity index (χ2v) is 5.50. The Balaban J connectivity index is 1.63. The first kappa shape index (κ1) is 13.3. The van der Waals surface area contributed by atoms with Gasteiger partial charge in [-0.25, -0.2) is 4.98 Å². The van der Waals surface area contributed by atoms with Crippen molar-refractivity contribution in [2.75, 3.05) is 18.5 Å². The molecule has 2 heterocycles. The van der Waals surface area contributed by atoms with Crippen LogP contribution in [0.3, 0.4) is 0 Å². The van der Waals surface area contributed by atoms with Crippen LogP contribution in [0.4, 0.5) is 5.82 Å². The van der Waals surface area contributed by atoms with Crippen molar-refractivity contribution in [1.82, 2.24) is 19.6 Å². The molecular formula is C14H21N5O. The van der Waals surface area contributed by atoms with Gasteiger partial charge in [-0.2, -0.15) is 0 Å². The van der Waals surface area contributed by atoms with Crippen LogP contribution < -0.4 is 5.32 Å². The van der Waals surface area contributed by atoms with Gasteiger partial charge < -0.3 is 10.1 Å². The molecule has 0 atom stereocenters. The zero-order valence-corrected chi connectivity index (χ0v) is 12.0. The molecule has 6 heteroatoms. The molecule has 0 spiro atoms. The van der Waals surface area contributed by atoms with E-state index in [-0.39, 0.29) is 6.10 Å². The molecular weight excluding hydrogens is 254 g/mol. The highest BCUT2D eigenvalue weighted by atomic mass is 16.5. The summed E-state index contributed by atoms with van der Waals surface area (Å²) in [6.45, 7) is 5.68. The van der Waals surface area contributed by atoms with Crippen molar-refractivity contribution in [2.45, 2.75) is 45.1 Å². The van der Waals surface area contributed by atoms with Gasteiger partial charge in [-0.1, -0.05) is 0 Å². The van der Waals surface area contributed by atoms with Crippen molar-refractivity contribution in [3.05, 3.63) is 18.2 Å². The van der Waals surface area contributed by atoms with Crippen molar-refractivity contribution in [3.8, 4) is 0 Å². The minimum Gasteiger partial charge on any atom is -0.379 e. The first-order chi connectivity index (χ1) is 9.75. The minimum atomic E-state index is 0.286. The number of hydrogen-bond acceptors (Lipinski definition) is 5. The molecule has 0 unspecified atom stereocenters. The summed E-state index contributed by atoms with van der Waals surface area (Å²) in [7, 11) is 0. The van der Waals surface area contributed by atoms with Crippen LogP contribution in [0.25, 0.3) is 5.65 Å². The second kappa shape index (κ2) is 5.75. The number of hydrogen-bond donors (Lipinski definition) is 1. The molecule has 1 aliphatic carbocycles. The summed E-state index contributed by atoms with van der Waals surface area (Å²) in [5.41, 5.74) is 0.819. The number of nitrogens with zero attached hydrogens (tertiary/aromatic N) is 4. The van der Waals surface area contributed by atoms with E-state index in [1.54, 1.807) is 6.20 Å². The lowest BCUT2D eigenvalue weighted by Gasteiger charge is -2.09. The van der Waals surface area contributed by atoms with Crippen LogP contribution in [0, 0.1) is 0 Å². The summed E-state index contributed by atoms with van der Waals surface area (Å²) >= 11 is 0. The van der Waals surface area contributed by atoms with Crippen molar-refractivity contribution in [3.63, 3.8) is 0 Å². The molecule has 0 bridgehead atoms. The molecule has 2 aromatic rings. The second-order valence-electron chi connectivity index (χ2n) is 5.50. The van der Waals surface area contributed by atoms with E-state index in [0.717, 1.165) is 36.9 Å². The van der Waals surface area contributed by atoms with Gasteiger partial charge in [-0.05, 0) is 33.1 Å². The van der Waals surface area contributed by atoms with Gasteiger partial charge in [-0.3, -0.25) is 4.40 Å². The number of aromatic nitrogens is 4. The SMILES string of the molecule is CC(C)OCCCNc1nccn2c(C3CC3)nnc12. The summed E-state index contributed by atoms with van der Waals surface area (Å²) in [4.78, 5) is 4.36. The van der Waals surface area contributed by atoms with Gasteiger partial charge in [0, 0.05) is 31.5 Å². The lowest BCUT2D eigenvalue weighted by Crippen LogP contribution is -2.10. The largest absolute Gasteiger partial charge is 0.379 e. The van der Waals surface area contributed by atoms with E-state index in [1.807, 2.05) is 20.0 Å². The maximum Gasteiger partial charge on any atom is 0.203 e. The third-order valence-corrected chi connectivity index (χ3v) is 3.36. The van der Waals surface area contributed by atoms with Crippen molar-refractivity contribution < 1.29 is 4.74 Å². The molecule has 0 radical (unpaired) electrons. The van der Waals surface area contributed by atoms with E-state index < -0.39 is 0 Å². The molecule has 1 N–H and O–H groups in total. The summed E-state index contributed by atoms with van der Waals surface area (Å²) in [5, 5.41) is 11.9. The molecule has 108 valence electrons. The average molecular weight is 275 g/mol. The molecule has 0 saturated heterocycles. The van der Waals surface area contributed by atoms with Crippen molar-refractivity contribution in [2.24, 2.45) is 0 Å². The highest BCUT2D eigenvalue weighted by Gasteiger charge is 2.29. The normalized spacial score (nSPS) is 15.2. The number of fused-ring (bicyclic) bond motifs is 1. The highest BCUT2D eigenvalue weighted by Crippen LogP contribution is 2.39. The van der Waals surface area contributed by atoms with Gasteiger partial charge in [0.15, 0.2) is 5.82 Å². The Bertz CT molecular complexity index is 576. The van der Waals surface area contributed by atoms with Crippen LogP contribution in [0.1, 0.15) is 44.9 Å². The van der Waals surface area contributed by atoms with Crippen molar-refractivity contribution in [1.29, 1.82) is 0 Å². The van der Waals surface area contributed by atoms with Crippen LogP contribution in [-0.2, 0) is 4.74 Å². The molecule has 3 rings (SSSR count). The Hall–Kier alpha value is -1.69. The highest BCUT2D eigenvalue weighted by molar-refractivity contribution is 5.62. The Kier molecular flexibility index (Phi) is 3.82. The maximum atomic E-state index is 5.52. The van der Waals surface area contributed by atoms with E-state index in [1.165, 1.54) is 12.8 Å². The average Bonchev–Trinajstić information content (AvgIpc) is 3.18. The van der Waals surface area contributed by atoms with Gasteiger partial charge in [0.2, 0.25) is 5.65 Å². The lowest BCUT2D eigenvalue weighted by atomic mass is 10.4. The summed E-state index contributed by atoms with van der Waals surface area (Å²) in [6, 6.07) is 0. The van der Waals surface area contributed by atoms with E-state index in [9.17, 15) is 0 Å². The fraction of sp³-hybridized carbons (Fsp3) is 0.643. The third kappa shape index (κ3) is 2.90. The summed E-state index contributed by atoms with van der Waals surface area (Å²) in [6.07, 6.45) is 7.42. The van der Waals surface area contributed by atoms with E-state index in [0.29, 0.717) is 5.92 Å². The van der Waals surface area contributed by atoms with Crippen LogP contribution in [0.15, 0.2) is 12.4 Å². The first-order valence-corrected chi connectivity index (χ1v) is 7.31. The molecule has 20 heavy (non-hydrogen) atoms. The van der Waals surface area contributed by atoms with E-state index in [2.05, 4.69) is 24.9 Å². The van der Waals surface area contributed by atoms with Crippen LogP contribution in [0.2, 0.25) is 0 Å². The topological polar surface area (TPSA) is 64.3 Å². The molecule has 0 amide bonds. The number of nitrogens with one attached hydrogen (secondary N) is 1. The van der Waals surface area contributed by atoms with Gasteiger partial charge in [0.1, 0.15) is 5.82 Å². The lowest BCUT2D eigenvalue weighted by molar-refractivity contribution is 0.0787. The Morgan fingerprint density at radius 2 is 2.25 bits per heavy atom. The van der Waals surface area contributed by atoms with Gasteiger partial charge in [0.25, 0.3) is 0 Å². The number of ether oxygens (including phenoxy) is 1.